The van der Waals surface area contributed by atoms with E-state index in [2.05, 4.69) is 46.2 Å². The zero-order chi connectivity index (χ0) is 16.9. The fourth-order valence-corrected chi connectivity index (χ4v) is 3.23. The Bertz CT molecular complexity index is 688. The van der Waals surface area contributed by atoms with E-state index in [1.165, 1.54) is 11.1 Å². The highest BCUT2D eigenvalue weighted by Gasteiger charge is 2.15. The lowest BCUT2D eigenvalue weighted by Crippen LogP contribution is -2.43. The third-order valence-corrected chi connectivity index (χ3v) is 4.88. The molecule has 1 fully saturated rings. The first-order chi connectivity index (χ1) is 11.6. The van der Waals surface area contributed by atoms with Crippen LogP contribution in [0.4, 0.5) is 0 Å². The first kappa shape index (κ1) is 20.1. The Labute approximate surface area is 165 Å². The molecule has 1 aliphatic heterocycles. The summed E-state index contributed by atoms with van der Waals surface area (Å²) in [6.07, 6.45) is 1.76. The molecule has 0 N–H and O–H groups in total. The number of nitrogens with zero attached hydrogens (tertiary/aromatic N) is 3. The Morgan fingerprint density at radius 3 is 2.16 bits per heavy atom. The molecule has 2 aromatic carbocycles. The molecule has 1 saturated heterocycles. The van der Waals surface area contributed by atoms with Crippen molar-refractivity contribution in [3.63, 3.8) is 0 Å². The normalized spacial score (nSPS) is 15.4. The topological polar surface area (TPSA) is 18.8 Å². The van der Waals surface area contributed by atoms with E-state index in [4.69, 9.17) is 23.2 Å². The second-order valence-corrected chi connectivity index (χ2v) is 6.91. The molecule has 134 valence electrons. The van der Waals surface area contributed by atoms with Gasteiger partial charge in [-0.1, -0.05) is 59.1 Å². The molecule has 3 rings (SSSR count). The summed E-state index contributed by atoms with van der Waals surface area (Å²) in [6.45, 7) is 6.93. The van der Waals surface area contributed by atoms with Gasteiger partial charge in [0.05, 0.1) is 16.3 Å². The van der Waals surface area contributed by atoms with Crippen LogP contribution in [0.5, 0.6) is 0 Å². The van der Waals surface area contributed by atoms with E-state index in [1.54, 1.807) is 6.21 Å². The third-order valence-electron chi connectivity index (χ3n) is 4.23. The smallest absolute Gasteiger partial charge is 0.0572 e. The largest absolute Gasteiger partial charge is 0.295 e. The molecule has 25 heavy (non-hydrogen) atoms. The minimum absolute atomic E-state index is 0. The molecule has 2 aromatic rings. The van der Waals surface area contributed by atoms with Gasteiger partial charge in [0.25, 0.3) is 0 Å². The van der Waals surface area contributed by atoms with Gasteiger partial charge in [-0.3, -0.25) is 9.91 Å². The summed E-state index contributed by atoms with van der Waals surface area (Å²) < 4.78 is 0. The van der Waals surface area contributed by atoms with Gasteiger partial charge in [0.2, 0.25) is 0 Å². The number of hydrazone groups is 1. The standard InChI is InChI=1S/C19H21Cl2N3.ClH/c1-15-5-7-16(8-6-15)14-23-9-11-24(12-10-23)22-13-17-18(20)3-2-4-19(17)21;/h2-8,13H,9-12,14H2,1H3;1H/b22-13+;. The van der Waals surface area contributed by atoms with Crippen LogP contribution in [-0.2, 0) is 6.54 Å². The Hall–Kier alpha value is -1.26. The van der Waals surface area contributed by atoms with Gasteiger partial charge >= 0.3 is 0 Å². The lowest BCUT2D eigenvalue weighted by molar-refractivity contribution is 0.131. The van der Waals surface area contributed by atoms with Crippen molar-refractivity contribution in [1.29, 1.82) is 0 Å². The summed E-state index contributed by atoms with van der Waals surface area (Å²) in [4.78, 5) is 2.46. The first-order valence-corrected chi connectivity index (χ1v) is 8.88. The molecule has 0 bridgehead atoms. The molecule has 0 atom stereocenters. The third kappa shape index (κ3) is 5.61. The Morgan fingerprint density at radius 2 is 1.56 bits per heavy atom. The van der Waals surface area contributed by atoms with Crippen molar-refractivity contribution >= 4 is 41.8 Å². The van der Waals surface area contributed by atoms with Crippen molar-refractivity contribution in [2.45, 2.75) is 13.5 Å². The van der Waals surface area contributed by atoms with Gasteiger partial charge in [-0.25, -0.2) is 0 Å². The van der Waals surface area contributed by atoms with Gasteiger partial charge in [0, 0.05) is 38.3 Å². The zero-order valence-electron chi connectivity index (χ0n) is 14.2. The zero-order valence-corrected chi connectivity index (χ0v) is 16.5. The van der Waals surface area contributed by atoms with Crippen molar-refractivity contribution < 1.29 is 0 Å². The number of aryl methyl sites for hydroxylation is 1. The van der Waals surface area contributed by atoms with Crippen LogP contribution in [0.1, 0.15) is 16.7 Å². The molecule has 1 aliphatic rings. The lowest BCUT2D eigenvalue weighted by atomic mass is 10.1. The minimum atomic E-state index is 0. The molecule has 6 heteroatoms. The van der Waals surface area contributed by atoms with Gasteiger partial charge < -0.3 is 0 Å². The monoisotopic (exact) mass is 397 g/mol. The van der Waals surface area contributed by atoms with E-state index >= 15 is 0 Å². The van der Waals surface area contributed by atoms with Gasteiger partial charge in [0.15, 0.2) is 0 Å². The number of benzene rings is 2. The number of halogens is 3. The van der Waals surface area contributed by atoms with Crippen LogP contribution >= 0.6 is 35.6 Å². The second kappa shape index (κ2) is 9.44. The highest BCUT2D eigenvalue weighted by molar-refractivity contribution is 6.38. The van der Waals surface area contributed by atoms with Crippen LogP contribution in [0.2, 0.25) is 10.0 Å². The van der Waals surface area contributed by atoms with Gasteiger partial charge in [-0.15, -0.1) is 12.4 Å². The van der Waals surface area contributed by atoms with Crippen molar-refractivity contribution in [2.75, 3.05) is 26.2 Å². The molecule has 1 heterocycles. The highest BCUT2D eigenvalue weighted by Crippen LogP contribution is 2.22. The lowest BCUT2D eigenvalue weighted by Gasteiger charge is -2.33. The highest BCUT2D eigenvalue weighted by atomic mass is 35.5. The van der Waals surface area contributed by atoms with Crippen LogP contribution in [-0.4, -0.2) is 42.3 Å². The fraction of sp³-hybridized carbons (Fsp3) is 0.316. The molecule has 3 nitrogen and oxygen atoms in total. The van der Waals surface area contributed by atoms with Crippen LogP contribution in [0.3, 0.4) is 0 Å². The summed E-state index contributed by atoms with van der Waals surface area (Å²) in [5.41, 5.74) is 3.44. The fourth-order valence-electron chi connectivity index (χ4n) is 2.74. The average Bonchev–Trinajstić information content (AvgIpc) is 2.58. The van der Waals surface area contributed by atoms with Gasteiger partial charge in [-0.05, 0) is 24.6 Å². The van der Waals surface area contributed by atoms with E-state index in [0.717, 1.165) is 38.3 Å². The summed E-state index contributed by atoms with van der Waals surface area (Å²) >= 11 is 12.3. The van der Waals surface area contributed by atoms with Crippen LogP contribution in [0.15, 0.2) is 47.6 Å². The predicted octanol–water partition coefficient (Wildman–Crippen LogP) is 4.88. The maximum absolute atomic E-state index is 6.17. The van der Waals surface area contributed by atoms with E-state index < -0.39 is 0 Å². The van der Waals surface area contributed by atoms with Crippen molar-refractivity contribution in [2.24, 2.45) is 5.10 Å². The summed E-state index contributed by atoms with van der Waals surface area (Å²) in [5, 5.41) is 7.87. The van der Waals surface area contributed by atoms with E-state index in [9.17, 15) is 0 Å². The molecule has 0 aromatic heterocycles. The quantitative estimate of drug-likeness (QED) is 0.684. The number of rotatable bonds is 4. The van der Waals surface area contributed by atoms with Crippen molar-refractivity contribution in [3.05, 3.63) is 69.2 Å². The molecule has 0 unspecified atom stereocenters. The van der Waals surface area contributed by atoms with E-state index in [-0.39, 0.29) is 12.4 Å². The molecule has 0 radical (unpaired) electrons. The minimum Gasteiger partial charge on any atom is -0.295 e. The molecular weight excluding hydrogens is 377 g/mol. The summed E-state index contributed by atoms with van der Waals surface area (Å²) in [6, 6.07) is 14.2. The molecule has 0 amide bonds. The van der Waals surface area contributed by atoms with E-state index in [1.807, 2.05) is 18.2 Å². The molecule has 0 aliphatic carbocycles. The summed E-state index contributed by atoms with van der Waals surface area (Å²) in [7, 11) is 0. The second-order valence-electron chi connectivity index (χ2n) is 6.10. The summed E-state index contributed by atoms with van der Waals surface area (Å²) in [5.74, 6) is 0. The Kier molecular flexibility index (Phi) is 7.57. The number of hydrogen-bond acceptors (Lipinski definition) is 3. The average molecular weight is 399 g/mol. The Balaban J connectivity index is 0.00000225. The first-order valence-electron chi connectivity index (χ1n) is 8.12. The van der Waals surface area contributed by atoms with Crippen LogP contribution < -0.4 is 0 Å². The van der Waals surface area contributed by atoms with Crippen LogP contribution in [0.25, 0.3) is 0 Å². The van der Waals surface area contributed by atoms with Gasteiger partial charge in [0.1, 0.15) is 0 Å². The van der Waals surface area contributed by atoms with E-state index in [0.29, 0.717) is 10.0 Å². The number of hydrogen-bond donors (Lipinski definition) is 0. The molecule has 0 saturated carbocycles. The maximum Gasteiger partial charge on any atom is 0.0572 e. The predicted molar refractivity (Wildman–Crippen MR) is 109 cm³/mol. The molecular formula is C19H22Cl3N3. The molecule has 0 spiro atoms. The number of piperazine rings is 1. The SMILES string of the molecule is Cc1ccc(CN2CCN(/N=C/c3c(Cl)cccc3Cl)CC2)cc1.Cl. The van der Waals surface area contributed by atoms with Crippen molar-refractivity contribution in [1.82, 2.24) is 9.91 Å². The van der Waals surface area contributed by atoms with Crippen LogP contribution in [0, 0.1) is 6.92 Å². The van der Waals surface area contributed by atoms with Crippen molar-refractivity contribution in [3.8, 4) is 0 Å². The van der Waals surface area contributed by atoms with Gasteiger partial charge in [-0.2, -0.15) is 5.10 Å². The Morgan fingerprint density at radius 1 is 0.960 bits per heavy atom. The maximum atomic E-state index is 6.17.